The monoisotopic (exact) mass is 287 g/mol. The fourth-order valence-corrected chi connectivity index (χ4v) is 3.91. The maximum atomic E-state index is 10.6. The van der Waals surface area contributed by atoms with Crippen molar-refractivity contribution in [3.05, 3.63) is 0 Å². The summed E-state index contributed by atoms with van der Waals surface area (Å²) in [6, 6.07) is 0. The molecule has 3 heteroatoms. The van der Waals surface area contributed by atoms with Crippen molar-refractivity contribution in [2.24, 2.45) is 22.5 Å². The van der Waals surface area contributed by atoms with Crippen LogP contribution in [-0.2, 0) is 0 Å². The van der Waals surface area contributed by atoms with Crippen LogP contribution in [0.1, 0.15) is 59.3 Å². The normalized spacial score (nSPS) is 30.3. The lowest BCUT2D eigenvalue weighted by atomic mass is 9.61. The maximum absolute atomic E-state index is 10.6. The van der Waals surface area contributed by atoms with Crippen LogP contribution in [0.15, 0.2) is 0 Å². The van der Waals surface area contributed by atoms with E-state index in [1.54, 1.807) is 0 Å². The highest BCUT2D eigenvalue weighted by Crippen LogP contribution is 2.47. The molecule has 1 fully saturated rings. The molecule has 0 saturated heterocycles. The summed E-state index contributed by atoms with van der Waals surface area (Å²) < 4.78 is 0. The first-order valence-electron chi connectivity index (χ1n) is 7.73. The zero-order valence-corrected chi connectivity index (χ0v) is 14.1. The quantitative estimate of drug-likeness (QED) is 0.733. The van der Waals surface area contributed by atoms with Crippen LogP contribution in [0.5, 0.6) is 0 Å². The first-order chi connectivity index (χ1) is 8.85. The third-order valence-corrected chi connectivity index (χ3v) is 5.84. The Morgan fingerprint density at radius 3 is 2.32 bits per heavy atom. The first-order valence-corrected chi connectivity index (χ1v) is 9.12. The topological polar surface area (TPSA) is 46.2 Å². The summed E-state index contributed by atoms with van der Waals surface area (Å²) >= 11 is 1.86. The molecule has 0 bridgehead atoms. The van der Waals surface area contributed by atoms with Crippen LogP contribution in [0.3, 0.4) is 0 Å². The number of aliphatic hydroxyl groups excluding tert-OH is 1. The summed E-state index contributed by atoms with van der Waals surface area (Å²) in [7, 11) is 0. The van der Waals surface area contributed by atoms with Gasteiger partial charge in [0.2, 0.25) is 0 Å². The lowest BCUT2D eigenvalue weighted by molar-refractivity contribution is -0.0258. The van der Waals surface area contributed by atoms with Crippen LogP contribution in [0.25, 0.3) is 0 Å². The number of aliphatic hydroxyl groups is 1. The molecule has 0 aromatic carbocycles. The largest absolute Gasteiger partial charge is 0.393 e. The Morgan fingerprint density at radius 1 is 1.32 bits per heavy atom. The molecule has 1 saturated carbocycles. The smallest absolute Gasteiger partial charge is 0.0608 e. The highest BCUT2D eigenvalue weighted by Gasteiger charge is 2.42. The summed E-state index contributed by atoms with van der Waals surface area (Å²) in [6.45, 7) is 7.65. The maximum Gasteiger partial charge on any atom is 0.0608 e. The van der Waals surface area contributed by atoms with Gasteiger partial charge in [-0.2, -0.15) is 11.8 Å². The summed E-state index contributed by atoms with van der Waals surface area (Å²) in [5, 5.41) is 10.6. The van der Waals surface area contributed by atoms with Crippen molar-refractivity contribution in [1.82, 2.24) is 0 Å². The molecule has 19 heavy (non-hydrogen) atoms. The summed E-state index contributed by atoms with van der Waals surface area (Å²) in [5.74, 6) is 1.92. The molecule has 2 nitrogen and oxygen atoms in total. The highest BCUT2D eigenvalue weighted by molar-refractivity contribution is 7.98. The van der Waals surface area contributed by atoms with Crippen LogP contribution in [0.4, 0.5) is 0 Å². The Bertz CT molecular complexity index is 254. The van der Waals surface area contributed by atoms with Crippen molar-refractivity contribution in [3.63, 3.8) is 0 Å². The second-order valence-corrected chi connectivity index (χ2v) is 8.34. The van der Waals surface area contributed by atoms with Crippen LogP contribution in [-0.4, -0.2) is 29.8 Å². The molecule has 0 aromatic heterocycles. The summed E-state index contributed by atoms with van der Waals surface area (Å²) in [6.07, 6.45) is 8.59. The van der Waals surface area contributed by atoms with Gasteiger partial charge in [-0.15, -0.1) is 0 Å². The van der Waals surface area contributed by atoms with Gasteiger partial charge in [0, 0.05) is 12.0 Å². The van der Waals surface area contributed by atoms with Gasteiger partial charge in [-0.25, -0.2) is 0 Å². The minimum absolute atomic E-state index is 0.000157. The van der Waals surface area contributed by atoms with Crippen molar-refractivity contribution in [2.75, 3.05) is 18.6 Å². The van der Waals surface area contributed by atoms with E-state index in [2.05, 4.69) is 27.0 Å². The van der Waals surface area contributed by atoms with E-state index in [4.69, 9.17) is 5.73 Å². The Kier molecular flexibility index (Phi) is 6.68. The van der Waals surface area contributed by atoms with Crippen LogP contribution in [0.2, 0.25) is 0 Å². The predicted octanol–water partition coefficient (Wildman–Crippen LogP) is 3.67. The van der Waals surface area contributed by atoms with Crippen molar-refractivity contribution >= 4 is 11.8 Å². The van der Waals surface area contributed by atoms with Gasteiger partial charge in [0.1, 0.15) is 0 Å². The van der Waals surface area contributed by atoms with Gasteiger partial charge in [-0.3, -0.25) is 0 Å². The van der Waals surface area contributed by atoms with E-state index in [1.165, 1.54) is 12.8 Å². The summed E-state index contributed by atoms with van der Waals surface area (Å²) in [4.78, 5) is 0. The van der Waals surface area contributed by atoms with E-state index in [-0.39, 0.29) is 11.5 Å². The van der Waals surface area contributed by atoms with E-state index >= 15 is 0 Å². The number of thioether (sulfide) groups is 1. The fourth-order valence-electron chi connectivity index (χ4n) is 3.46. The van der Waals surface area contributed by atoms with E-state index in [1.807, 2.05) is 11.8 Å². The van der Waals surface area contributed by atoms with E-state index in [0.29, 0.717) is 12.0 Å². The Labute approximate surface area is 123 Å². The van der Waals surface area contributed by atoms with Crippen molar-refractivity contribution in [2.45, 2.75) is 65.4 Å². The van der Waals surface area contributed by atoms with Crippen molar-refractivity contribution < 1.29 is 5.11 Å². The lowest BCUT2D eigenvalue weighted by Crippen LogP contribution is -2.46. The van der Waals surface area contributed by atoms with Gasteiger partial charge >= 0.3 is 0 Å². The highest BCUT2D eigenvalue weighted by atomic mass is 32.2. The average Bonchev–Trinajstić information content (AvgIpc) is 2.38. The SMILES string of the molecule is CSCCCC(O)C1(CN)CCC(C(C)(C)C)CC1. The number of hydrogen-bond acceptors (Lipinski definition) is 3. The van der Waals surface area contributed by atoms with Crippen molar-refractivity contribution in [1.29, 1.82) is 0 Å². The lowest BCUT2D eigenvalue weighted by Gasteiger charge is -2.46. The molecular weight excluding hydrogens is 254 g/mol. The Morgan fingerprint density at radius 2 is 1.89 bits per heavy atom. The van der Waals surface area contributed by atoms with Gasteiger partial charge in [0.15, 0.2) is 0 Å². The molecule has 0 aliphatic heterocycles. The molecule has 1 atom stereocenters. The van der Waals surface area contributed by atoms with Crippen LogP contribution >= 0.6 is 11.8 Å². The molecule has 0 spiro atoms. The average molecular weight is 288 g/mol. The van der Waals surface area contributed by atoms with Gasteiger partial charge in [-0.1, -0.05) is 20.8 Å². The molecule has 0 aromatic rings. The molecule has 0 heterocycles. The molecule has 114 valence electrons. The van der Waals surface area contributed by atoms with Crippen molar-refractivity contribution in [3.8, 4) is 0 Å². The van der Waals surface area contributed by atoms with Crippen LogP contribution < -0.4 is 5.73 Å². The number of nitrogens with two attached hydrogens (primary N) is 1. The standard InChI is InChI=1S/C16H33NOS/c1-15(2,3)13-7-9-16(12-17,10-8-13)14(18)6-5-11-19-4/h13-14,18H,5-12,17H2,1-4H3. The minimum atomic E-state index is -0.203. The third kappa shape index (κ3) is 4.64. The second kappa shape index (κ2) is 7.33. The minimum Gasteiger partial charge on any atom is -0.393 e. The second-order valence-electron chi connectivity index (χ2n) is 7.36. The molecule has 0 radical (unpaired) electrons. The molecular formula is C16H33NOS. The third-order valence-electron chi connectivity index (χ3n) is 5.15. The zero-order chi connectivity index (χ0) is 14.5. The molecule has 0 amide bonds. The van der Waals surface area contributed by atoms with Crippen LogP contribution in [0, 0.1) is 16.7 Å². The number of hydrogen-bond donors (Lipinski definition) is 2. The van der Waals surface area contributed by atoms with Gasteiger partial charge in [0.25, 0.3) is 0 Å². The van der Waals surface area contributed by atoms with Gasteiger partial charge in [0.05, 0.1) is 6.10 Å². The molecule has 1 aliphatic carbocycles. The molecule has 1 rings (SSSR count). The Balaban J connectivity index is 2.54. The Hall–Kier alpha value is 0.270. The molecule has 1 unspecified atom stereocenters. The predicted molar refractivity (Wildman–Crippen MR) is 86.5 cm³/mol. The van der Waals surface area contributed by atoms with E-state index < -0.39 is 0 Å². The molecule has 3 N–H and O–H groups in total. The zero-order valence-electron chi connectivity index (χ0n) is 13.2. The fraction of sp³-hybridized carbons (Fsp3) is 1.00. The first kappa shape index (κ1) is 17.3. The molecule has 1 aliphatic rings. The van der Waals surface area contributed by atoms with E-state index in [0.717, 1.165) is 37.4 Å². The number of rotatable bonds is 6. The van der Waals surface area contributed by atoms with E-state index in [9.17, 15) is 5.11 Å². The van der Waals surface area contributed by atoms with Gasteiger partial charge < -0.3 is 10.8 Å². The summed E-state index contributed by atoms with van der Waals surface area (Å²) in [5.41, 5.74) is 6.43. The van der Waals surface area contributed by atoms with Gasteiger partial charge in [-0.05, 0) is 61.9 Å².